The molecule has 1 fully saturated rings. The lowest BCUT2D eigenvalue weighted by molar-refractivity contribution is -0.153. The van der Waals surface area contributed by atoms with Gasteiger partial charge in [-0.2, -0.15) is 0 Å². The van der Waals surface area contributed by atoms with Gasteiger partial charge in [-0.05, 0) is 37.4 Å². The number of benzene rings is 2. The summed E-state index contributed by atoms with van der Waals surface area (Å²) in [4.78, 5) is 25.4. The van der Waals surface area contributed by atoms with Crippen molar-refractivity contribution in [1.82, 2.24) is 4.90 Å². The van der Waals surface area contributed by atoms with Crippen LogP contribution in [0.25, 0.3) is 0 Å². The molecule has 26 heavy (non-hydrogen) atoms. The lowest BCUT2D eigenvalue weighted by Gasteiger charge is -2.38. The van der Waals surface area contributed by atoms with Gasteiger partial charge in [0.15, 0.2) is 0 Å². The number of piperidine rings is 1. The first kappa shape index (κ1) is 18.3. The molecule has 136 valence electrons. The van der Waals surface area contributed by atoms with Crippen molar-refractivity contribution in [2.45, 2.75) is 38.3 Å². The van der Waals surface area contributed by atoms with E-state index in [1.165, 1.54) is 18.1 Å². The zero-order chi connectivity index (χ0) is 18.4. The minimum atomic E-state index is -0.416. The summed E-state index contributed by atoms with van der Waals surface area (Å²) in [5, 5.41) is 0. The number of nitrogens with zero attached hydrogens (tertiary/aromatic N) is 1. The van der Waals surface area contributed by atoms with E-state index in [1.807, 2.05) is 12.1 Å². The highest BCUT2D eigenvalue weighted by molar-refractivity contribution is 5.94. The van der Waals surface area contributed by atoms with Crippen molar-refractivity contribution in [3.8, 4) is 0 Å². The van der Waals surface area contributed by atoms with Crippen molar-refractivity contribution in [2.75, 3.05) is 13.1 Å². The minimum absolute atomic E-state index is 0.131. The van der Waals surface area contributed by atoms with E-state index in [9.17, 15) is 9.59 Å². The summed E-state index contributed by atoms with van der Waals surface area (Å²) in [6, 6.07) is 21.0. The van der Waals surface area contributed by atoms with Gasteiger partial charge in [0.2, 0.25) is 0 Å². The summed E-state index contributed by atoms with van der Waals surface area (Å²) >= 11 is 0. The van der Waals surface area contributed by atoms with Crippen molar-refractivity contribution in [3.05, 3.63) is 71.8 Å². The quantitative estimate of drug-likeness (QED) is 0.587. The van der Waals surface area contributed by atoms with Crippen molar-refractivity contribution in [1.29, 1.82) is 0 Å². The monoisotopic (exact) mass is 351 g/mol. The Balaban J connectivity index is 1.78. The Morgan fingerprint density at radius 2 is 1.62 bits per heavy atom. The number of esters is 1. The standard InChI is InChI=1S/C22H25NO3/c1-17(24)15-21(25)26-20-13-8-14-23(16-20)22(18-9-4-2-5-10-18)19-11-6-3-7-12-19/h2-7,9-12,20,22H,8,13-16H2,1H3. The average molecular weight is 351 g/mol. The fraction of sp³-hybridized carbons (Fsp3) is 0.364. The van der Waals surface area contributed by atoms with Crippen molar-refractivity contribution >= 4 is 11.8 Å². The Morgan fingerprint density at radius 3 is 2.15 bits per heavy atom. The smallest absolute Gasteiger partial charge is 0.313 e. The van der Waals surface area contributed by atoms with Gasteiger partial charge in [0.1, 0.15) is 18.3 Å². The molecule has 0 N–H and O–H groups in total. The highest BCUT2D eigenvalue weighted by atomic mass is 16.5. The van der Waals surface area contributed by atoms with Gasteiger partial charge >= 0.3 is 5.97 Å². The van der Waals surface area contributed by atoms with Gasteiger partial charge < -0.3 is 4.74 Å². The second kappa shape index (κ2) is 8.77. The van der Waals surface area contributed by atoms with Gasteiger partial charge in [-0.15, -0.1) is 0 Å². The summed E-state index contributed by atoms with van der Waals surface area (Å²) in [7, 11) is 0. The maximum Gasteiger partial charge on any atom is 0.313 e. The predicted octanol–water partition coefficient (Wildman–Crippen LogP) is 3.76. The van der Waals surface area contributed by atoms with Crippen LogP contribution < -0.4 is 0 Å². The van der Waals surface area contributed by atoms with E-state index >= 15 is 0 Å². The first-order valence-electron chi connectivity index (χ1n) is 9.16. The van der Waals surface area contributed by atoms with Crippen LogP contribution in [0.15, 0.2) is 60.7 Å². The van der Waals surface area contributed by atoms with Crippen molar-refractivity contribution < 1.29 is 14.3 Å². The van der Waals surface area contributed by atoms with Gasteiger partial charge in [-0.25, -0.2) is 0 Å². The minimum Gasteiger partial charge on any atom is -0.461 e. The molecule has 0 saturated carbocycles. The molecule has 4 heteroatoms. The highest BCUT2D eigenvalue weighted by Gasteiger charge is 2.29. The zero-order valence-corrected chi connectivity index (χ0v) is 15.1. The molecule has 1 heterocycles. The number of likely N-dealkylation sites (tertiary alicyclic amines) is 1. The topological polar surface area (TPSA) is 46.6 Å². The van der Waals surface area contributed by atoms with Gasteiger partial charge in [0, 0.05) is 6.54 Å². The number of hydrogen-bond donors (Lipinski definition) is 0. The molecule has 1 atom stereocenters. The molecule has 0 aliphatic carbocycles. The summed E-state index contributed by atoms with van der Waals surface area (Å²) in [5.41, 5.74) is 2.46. The van der Waals surface area contributed by atoms with Crippen molar-refractivity contribution in [2.24, 2.45) is 0 Å². The van der Waals surface area contributed by atoms with Crippen LogP contribution in [0, 0.1) is 0 Å². The molecule has 0 spiro atoms. The maximum absolute atomic E-state index is 11.9. The van der Waals surface area contributed by atoms with Gasteiger partial charge in [-0.3, -0.25) is 14.5 Å². The van der Waals surface area contributed by atoms with E-state index in [-0.39, 0.29) is 24.3 Å². The Bertz CT molecular complexity index is 690. The van der Waals surface area contributed by atoms with Crippen LogP contribution in [-0.2, 0) is 14.3 Å². The Morgan fingerprint density at radius 1 is 1.04 bits per heavy atom. The third-order valence-corrected chi connectivity index (χ3v) is 4.70. The predicted molar refractivity (Wildman–Crippen MR) is 101 cm³/mol. The third-order valence-electron chi connectivity index (χ3n) is 4.70. The molecule has 1 aliphatic rings. The summed E-state index contributed by atoms with van der Waals surface area (Å²) in [6.45, 7) is 3.04. The lowest BCUT2D eigenvalue weighted by atomic mass is 9.94. The lowest BCUT2D eigenvalue weighted by Crippen LogP contribution is -2.43. The molecule has 2 aromatic carbocycles. The maximum atomic E-state index is 11.9. The Kier molecular flexibility index (Phi) is 6.18. The summed E-state index contributed by atoms with van der Waals surface area (Å²) in [6.07, 6.45) is 1.51. The second-order valence-electron chi connectivity index (χ2n) is 6.85. The van der Waals surface area contributed by atoms with Gasteiger partial charge in [0.05, 0.1) is 6.04 Å². The zero-order valence-electron chi connectivity index (χ0n) is 15.1. The molecule has 0 amide bonds. The highest BCUT2D eigenvalue weighted by Crippen LogP contribution is 2.31. The molecule has 0 radical (unpaired) electrons. The molecule has 3 rings (SSSR count). The largest absolute Gasteiger partial charge is 0.461 e. The molecule has 1 unspecified atom stereocenters. The first-order valence-corrected chi connectivity index (χ1v) is 9.16. The van der Waals surface area contributed by atoms with Crippen LogP contribution in [0.2, 0.25) is 0 Å². The Hall–Kier alpha value is -2.46. The number of rotatable bonds is 6. The number of hydrogen-bond acceptors (Lipinski definition) is 4. The molecule has 1 aliphatic heterocycles. The Labute approximate surface area is 154 Å². The molecule has 4 nitrogen and oxygen atoms in total. The molecule has 2 aromatic rings. The number of carbonyl (C=O) groups is 2. The fourth-order valence-corrected chi connectivity index (χ4v) is 3.61. The molecular formula is C22H25NO3. The van der Waals surface area contributed by atoms with E-state index in [4.69, 9.17) is 4.74 Å². The van der Waals surface area contributed by atoms with Crippen LogP contribution >= 0.6 is 0 Å². The first-order chi connectivity index (χ1) is 12.6. The summed E-state index contributed by atoms with van der Waals surface area (Å²) in [5.74, 6) is -0.575. The fourth-order valence-electron chi connectivity index (χ4n) is 3.61. The van der Waals surface area contributed by atoms with Gasteiger partial charge in [0.25, 0.3) is 0 Å². The van der Waals surface area contributed by atoms with Crippen molar-refractivity contribution in [3.63, 3.8) is 0 Å². The van der Waals surface area contributed by atoms with E-state index < -0.39 is 5.97 Å². The molecular weight excluding hydrogens is 326 g/mol. The average Bonchev–Trinajstić information content (AvgIpc) is 2.63. The molecule has 1 saturated heterocycles. The van der Waals surface area contributed by atoms with Crippen LogP contribution in [0.4, 0.5) is 0 Å². The van der Waals surface area contributed by atoms with Crippen LogP contribution in [0.3, 0.4) is 0 Å². The van der Waals surface area contributed by atoms with Crippen LogP contribution in [-0.4, -0.2) is 35.8 Å². The normalized spacial score (nSPS) is 17.8. The van der Waals surface area contributed by atoms with Crippen LogP contribution in [0.5, 0.6) is 0 Å². The number of ketones is 1. The molecule has 0 bridgehead atoms. The van der Waals surface area contributed by atoms with E-state index in [0.29, 0.717) is 6.54 Å². The van der Waals surface area contributed by atoms with E-state index in [2.05, 4.69) is 53.4 Å². The summed E-state index contributed by atoms with van der Waals surface area (Å²) < 4.78 is 5.55. The second-order valence-corrected chi connectivity index (χ2v) is 6.85. The van der Waals surface area contributed by atoms with E-state index in [1.54, 1.807) is 0 Å². The molecule has 0 aromatic heterocycles. The van der Waals surface area contributed by atoms with Gasteiger partial charge in [-0.1, -0.05) is 60.7 Å². The third kappa shape index (κ3) is 4.79. The number of ether oxygens (including phenoxy) is 1. The number of Topliss-reactive ketones (excluding diaryl/α,β-unsaturated/α-hetero) is 1. The SMILES string of the molecule is CC(=O)CC(=O)OC1CCCN(C(c2ccccc2)c2ccccc2)C1. The van der Waals surface area contributed by atoms with E-state index in [0.717, 1.165) is 19.4 Å². The van der Waals surface area contributed by atoms with Crippen LogP contribution in [0.1, 0.15) is 43.4 Å². The number of carbonyl (C=O) groups excluding carboxylic acids is 2.